The first-order valence-corrected chi connectivity index (χ1v) is 9.06. The molecule has 6 rings (SSSR count). The predicted molar refractivity (Wildman–Crippen MR) is 90.9 cm³/mol. The summed E-state index contributed by atoms with van der Waals surface area (Å²) in [7, 11) is 0. The van der Waals surface area contributed by atoms with E-state index >= 15 is 0 Å². The van der Waals surface area contributed by atoms with Gasteiger partial charge in [0.2, 0.25) is 11.8 Å². The average Bonchev–Trinajstić information content (AvgIpc) is 3.39. The number of hydrogen-bond donors (Lipinski definition) is 1. The first kappa shape index (κ1) is 14.3. The van der Waals surface area contributed by atoms with Crippen molar-refractivity contribution in [3.63, 3.8) is 0 Å². The van der Waals surface area contributed by atoms with Crippen LogP contribution in [0.4, 0.5) is 5.69 Å². The molecule has 6 atom stereocenters. The summed E-state index contributed by atoms with van der Waals surface area (Å²) in [5, 5.41) is 3.31. The molecule has 24 heavy (non-hydrogen) atoms. The third kappa shape index (κ3) is 1.80. The van der Waals surface area contributed by atoms with Gasteiger partial charge in [-0.3, -0.25) is 14.5 Å². The van der Waals surface area contributed by atoms with Crippen molar-refractivity contribution >= 4 is 17.5 Å². The number of nitrogens with one attached hydrogen (secondary N) is 1. The molecule has 1 aromatic rings. The lowest BCUT2D eigenvalue weighted by atomic mass is 9.63. The zero-order chi connectivity index (χ0) is 16.4. The van der Waals surface area contributed by atoms with Crippen LogP contribution >= 0.6 is 0 Å². The second-order valence-electron chi connectivity index (χ2n) is 7.60. The van der Waals surface area contributed by atoms with E-state index < -0.39 is 0 Å². The maximum Gasteiger partial charge on any atom is 0.235 e. The van der Waals surface area contributed by atoms with Crippen molar-refractivity contribution in [3.8, 4) is 0 Å². The van der Waals surface area contributed by atoms with Gasteiger partial charge >= 0.3 is 0 Å². The molecule has 3 fully saturated rings. The van der Waals surface area contributed by atoms with Crippen molar-refractivity contribution in [1.29, 1.82) is 0 Å². The van der Waals surface area contributed by atoms with E-state index in [1.54, 1.807) is 0 Å². The Morgan fingerprint density at radius 2 is 1.67 bits per heavy atom. The minimum atomic E-state index is -0.0977. The average molecular weight is 322 g/mol. The van der Waals surface area contributed by atoms with Gasteiger partial charge in [-0.25, -0.2) is 0 Å². The summed E-state index contributed by atoms with van der Waals surface area (Å²) in [4.78, 5) is 27.3. The number of carbonyl (C=O) groups is 2. The monoisotopic (exact) mass is 322 g/mol. The second kappa shape index (κ2) is 4.95. The maximum absolute atomic E-state index is 12.9. The van der Waals surface area contributed by atoms with E-state index in [0.717, 1.165) is 12.1 Å². The smallest absolute Gasteiger partial charge is 0.235 e. The Hall–Kier alpha value is -2.10. The van der Waals surface area contributed by atoms with Crippen LogP contribution in [-0.2, 0) is 16.0 Å². The third-order valence-electron chi connectivity index (χ3n) is 6.58. The molecule has 0 aromatic heterocycles. The van der Waals surface area contributed by atoms with Crippen LogP contribution in [0.25, 0.3) is 0 Å². The molecule has 4 nitrogen and oxygen atoms in total. The topological polar surface area (TPSA) is 49.4 Å². The van der Waals surface area contributed by atoms with E-state index in [4.69, 9.17) is 0 Å². The number of likely N-dealkylation sites (tertiary alicyclic amines) is 1. The maximum atomic E-state index is 12.9. The highest BCUT2D eigenvalue weighted by Crippen LogP contribution is 2.65. The lowest BCUT2D eigenvalue weighted by molar-refractivity contribution is -0.139. The Balaban J connectivity index is 1.37. The minimum absolute atomic E-state index is 0.0381. The van der Waals surface area contributed by atoms with Crippen LogP contribution in [0.1, 0.15) is 18.9 Å². The quantitative estimate of drug-likeness (QED) is 0.685. The SMILES string of the molecule is CCc1ccccc1NCN1C(=O)[C@@H]2[C@H]3C=C[C@@H]([C@@H]4C[C@@H]34)[C@@H]2C1=O. The molecule has 2 bridgehead atoms. The highest BCUT2D eigenvalue weighted by atomic mass is 16.2. The summed E-state index contributed by atoms with van der Waals surface area (Å²) in [6.45, 7) is 2.40. The van der Waals surface area contributed by atoms with Gasteiger partial charge in [0.05, 0.1) is 18.5 Å². The molecule has 2 saturated carbocycles. The van der Waals surface area contributed by atoms with E-state index in [9.17, 15) is 9.59 Å². The molecule has 4 aliphatic carbocycles. The Kier molecular flexibility index (Phi) is 2.94. The molecule has 1 N–H and O–H groups in total. The van der Waals surface area contributed by atoms with Crippen molar-refractivity contribution in [2.75, 3.05) is 12.0 Å². The van der Waals surface area contributed by atoms with Gasteiger partial charge in [-0.15, -0.1) is 0 Å². The van der Waals surface area contributed by atoms with Gasteiger partial charge in [0.1, 0.15) is 0 Å². The second-order valence-corrected chi connectivity index (χ2v) is 7.60. The number of allylic oxidation sites excluding steroid dienone is 2. The van der Waals surface area contributed by atoms with E-state index in [1.165, 1.54) is 16.9 Å². The number of para-hydroxylation sites is 1. The van der Waals surface area contributed by atoms with Gasteiger partial charge in [0.15, 0.2) is 0 Å². The molecular formula is C20H22N2O2. The van der Waals surface area contributed by atoms with E-state index in [-0.39, 0.29) is 30.3 Å². The van der Waals surface area contributed by atoms with Crippen LogP contribution in [0.3, 0.4) is 0 Å². The van der Waals surface area contributed by atoms with Gasteiger partial charge in [-0.2, -0.15) is 0 Å². The van der Waals surface area contributed by atoms with Crippen molar-refractivity contribution < 1.29 is 9.59 Å². The van der Waals surface area contributed by atoms with Gasteiger partial charge in [0.25, 0.3) is 0 Å². The number of rotatable bonds is 4. The summed E-state index contributed by atoms with van der Waals surface area (Å²) >= 11 is 0. The van der Waals surface area contributed by atoms with Crippen LogP contribution in [0.2, 0.25) is 0 Å². The lowest BCUT2D eigenvalue weighted by Gasteiger charge is -2.37. The van der Waals surface area contributed by atoms with Crippen LogP contribution in [0, 0.1) is 35.5 Å². The predicted octanol–water partition coefficient (Wildman–Crippen LogP) is 2.67. The first-order valence-electron chi connectivity index (χ1n) is 9.06. The standard InChI is InChI=1S/C20H22N2O2/c1-2-11-5-3-4-6-16(11)21-10-22-19(23)17-12-7-8-13(15-9-14(12)15)18(17)20(22)24/h3-8,12-15,17-18,21H,2,9-10H2,1H3/t12-,13-,14-,15-,17-,18+/m0/s1. The molecule has 1 heterocycles. The molecule has 2 amide bonds. The fourth-order valence-electron chi connectivity index (χ4n) is 5.34. The molecule has 124 valence electrons. The van der Waals surface area contributed by atoms with Crippen molar-refractivity contribution in [2.24, 2.45) is 35.5 Å². The number of aryl methyl sites for hydroxylation is 1. The largest absolute Gasteiger partial charge is 0.367 e. The summed E-state index contributed by atoms with van der Waals surface area (Å²) in [5.74, 6) is 1.80. The van der Waals surface area contributed by atoms with Crippen LogP contribution in [0.15, 0.2) is 36.4 Å². The number of carbonyl (C=O) groups excluding carboxylic acids is 2. The zero-order valence-electron chi connectivity index (χ0n) is 13.8. The van der Waals surface area contributed by atoms with Gasteiger partial charge in [-0.05, 0) is 48.1 Å². The highest BCUT2D eigenvalue weighted by Gasteiger charge is 2.66. The van der Waals surface area contributed by atoms with E-state index in [1.807, 2.05) is 18.2 Å². The van der Waals surface area contributed by atoms with E-state index in [0.29, 0.717) is 23.7 Å². The summed E-state index contributed by atoms with van der Waals surface area (Å²) < 4.78 is 0. The molecular weight excluding hydrogens is 300 g/mol. The van der Waals surface area contributed by atoms with Crippen molar-refractivity contribution in [3.05, 3.63) is 42.0 Å². The fourth-order valence-corrected chi connectivity index (χ4v) is 5.34. The Bertz CT molecular complexity index is 720. The summed E-state index contributed by atoms with van der Waals surface area (Å²) in [6, 6.07) is 8.08. The fraction of sp³-hybridized carbons (Fsp3) is 0.500. The van der Waals surface area contributed by atoms with Crippen LogP contribution in [-0.4, -0.2) is 23.4 Å². The molecule has 0 unspecified atom stereocenters. The minimum Gasteiger partial charge on any atom is -0.367 e. The molecule has 4 heteroatoms. The zero-order valence-corrected chi connectivity index (χ0v) is 13.8. The summed E-state index contributed by atoms with van der Waals surface area (Å²) in [5.41, 5.74) is 2.22. The molecule has 0 radical (unpaired) electrons. The van der Waals surface area contributed by atoms with Crippen molar-refractivity contribution in [2.45, 2.75) is 19.8 Å². The highest BCUT2D eigenvalue weighted by molar-refractivity contribution is 6.06. The Labute approximate surface area is 141 Å². The number of hydrogen-bond acceptors (Lipinski definition) is 3. The van der Waals surface area contributed by atoms with E-state index in [2.05, 4.69) is 30.5 Å². The number of anilines is 1. The van der Waals surface area contributed by atoms with Gasteiger partial charge in [0, 0.05) is 5.69 Å². The molecule has 1 aromatic carbocycles. The lowest BCUT2D eigenvalue weighted by Crippen LogP contribution is -2.40. The first-order chi connectivity index (χ1) is 11.7. The molecule has 0 spiro atoms. The van der Waals surface area contributed by atoms with Crippen LogP contribution in [0.5, 0.6) is 0 Å². The van der Waals surface area contributed by atoms with Crippen LogP contribution < -0.4 is 5.32 Å². The summed E-state index contributed by atoms with van der Waals surface area (Å²) in [6.07, 6.45) is 6.56. The van der Waals surface area contributed by atoms with Gasteiger partial charge in [-0.1, -0.05) is 37.3 Å². The molecule has 1 aliphatic heterocycles. The number of benzene rings is 1. The Morgan fingerprint density at radius 1 is 1.04 bits per heavy atom. The third-order valence-corrected chi connectivity index (χ3v) is 6.58. The Morgan fingerprint density at radius 3 is 2.29 bits per heavy atom. The number of amides is 2. The number of nitrogens with zero attached hydrogens (tertiary/aromatic N) is 1. The molecule has 1 saturated heterocycles. The van der Waals surface area contributed by atoms with Crippen molar-refractivity contribution in [1.82, 2.24) is 4.90 Å². The normalized spacial score (nSPS) is 38.3. The molecule has 5 aliphatic rings. The number of imide groups is 1. The van der Waals surface area contributed by atoms with Gasteiger partial charge < -0.3 is 5.32 Å².